The van der Waals surface area contributed by atoms with E-state index < -0.39 is 5.82 Å². The lowest BCUT2D eigenvalue weighted by atomic mass is 10.2. The first kappa shape index (κ1) is 12.6. The van der Waals surface area contributed by atoms with Crippen LogP contribution in [0.3, 0.4) is 0 Å². The Labute approximate surface area is 95.3 Å². The summed E-state index contributed by atoms with van der Waals surface area (Å²) in [7, 11) is 0. The molecule has 0 aliphatic carbocycles. The number of aromatic nitrogens is 1. The fourth-order valence-corrected chi connectivity index (χ4v) is 1.15. The monoisotopic (exact) mass is 224 g/mol. The SMILES string of the molecule is C=CCOc1nccc(CNC(C)C)c1F. The van der Waals surface area contributed by atoms with Gasteiger partial charge in [0.25, 0.3) is 5.88 Å². The molecule has 3 nitrogen and oxygen atoms in total. The van der Waals surface area contributed by atoms with Crippen LogP contribution >= 0.6 is 0 Å². The molecule has 0 atom stereocenters. The first-order valence-electron chi connectivity index (χ1n) is 5.25. The largest absolute Gasteiger partial charge is 0.471 e. The molecule has 88 valence electrons. The summed E-state index contributed by atoms with van der Waals surface area (Å²) in [4.78, 5) is 3.83. The van der Waals surface area contributed by atoms with E-state index in [-0.39, 0.29) is 12.5 Å². The van der Waals surface area contributed by atoms with Crippen molar-refractivity contribution < 1.29 is 9.13 Å². The normalized spacial score (nSPS) is 10.5. The number of pyridine rings is 1. The summed E-state index contributed by atoms with van der Waals surface area (Å²) < 4.78 is 18.9. The maximum Gasteiger partial charge on any atom is 0.251 e. The van der Waals surface area contributed by atoms with Crippen molar-refractivity contribution in [2.24, 2.45) is 0 Å². The maximum absolute atomic E-state index is 13.8. The third kappa shape index (κ3) is 3.62. The second kappa shape index (κ2) is 6.23. The predicted molar refractivity (Wildman–Crippen MR) is 61.9 cm³/mol. The Morgan fingerprint density at radius 2 is 2.38 bits per heavy atom. The maximum atomic E-state index is 13.8. The van der Waals surface area contributed by atoms with Crippen LogP contribution in [0.4, 0.5) is 4.39 Å². The molecule has 0 bridgehead atoms. The first-order chi connectivity index (χ1) is 7.65. The zero-order chi connectivity index (χ0) is 12.0. The Bertz CT molecular complexity index is 353. The van der Waals surface area contributed by atoms with Gasteiger partial charge in [0.2, 0.25) is 0 Å². The van der Waals surface area contributed by atoms with Crippen molar-refractivity contribution in [2.45, 2.75) is 26.4 Å². The van der Waals surface area contributed by atoms with Gasteiger partial charge >= 0.3 is 0 Å². The molecular formula is C12H17FN2O. The quantitative estimate of drug-likeness (QED) is 0.753. The van der Waals surface area contributed by atoms with Crippen molar-refractivity contribution in [1.82, 2.24) is 10.3 Å². The molecule has 0 fully saturated rings. The van der Waals surface area contributed by atoms with Crippen LogP contribution in [-0.4, -0.2) is 17.6 Å². The van der Waals surface area contributed by atoms with Gasteiger partial charge in [-0.05, 0) is 6.07 Å². The van der Waals surface area contributed by atoms with Gasteiger partial charge in [-0.15, -0.1) is 0 Å². The molecular weight excluding hydrogens is 207 g/mol. The highest BCUT2D eigenvalue weighted by Crippen LogP contribution is 2.17. The molecule has 0 saturated carbocycles. The molecule has 0 aliphatic heterocycles. The molecule has 0 unspecified atom stereocenters. The van der Waals surface area contributed by atoms with Gasteiger partial charge in [0.05, 0.1) is 0 Å². The van der Waals surface area contributed by atoms with Crippen LogP contribution < -0.4 is 10.1 Å². The average molecular weight is 224 g/mol. The molecule has 0 radical (unpaired) electrons. The molecule has 0 spiro atoms. The van der Waals surface area contributed by atoms with E-state index in [0.717, 1.165) is 0 Å². The van der Waals surface area contributed by atoms with Crippen LogP contribution in [0, 0.1) is 5.82 Å². The van der Waals surface area contributed by atoms with Gasteiger partial charge in [0.1, 0.15) is 6.61 Å². The lowest BCUT2D eigenvalue weighted by molar-refractivity contribution is 0.324. The molecule has 1 rings (SSSR count). The van der Waals surface area contributed by atoms with Crippen molar-refractivity contribution in [2.75, 3.05) is 6.61 Å². The summed E-state index contributed by atoms with van der Waals surface area (Å²) in [6.07, 6.45) is 3.10. The molecule has 0 aliphatic rings. The van der Waals surface area contributed by atoms with Gasteiger partial charge in [0.15, 0.2) is 5.82 Å². The lowest BCUT2D eigenvalue weighted by Gasteiger charge is -2.10. The van der Waals surface area contributed by atoms with Crippen LogP contribution in [0.15, 0.2) is 24.9 Å². The summed E-state index contributed by atoms with van der Waals surface area (Å²) >= 11 is 0. The molecule has 0 aromatic carbocycles. The van der Waals surface area contributed by atoms with Gasteiger partial charge in [-0.2, -0.15) is 0 Å². The zero-order valence-electron chi connectivity index (χ0n) is 9.66. The highest BCUT2D eigenvalue weighted by atomic mass is 19.1. The number of ether oxygens (including phenoxy) is 1. The molecule has 16 heavy (non-hydrogen) atoms. The summed E-state index contributed by atoms with van der Waals surface area (Å²) in [5.41, 5.74) is 0.558. The third-order valence-corrected chi connectivity index (χ3v) is 1.98. The van der Waals surface area contributed by atoms with Gasteiger partial charge < -0.3 is 10.1 Å². The van der Waals surface area contributed by atoms with E-state index in [2.05, 4.69) is 16.9 Å². The van der Waals surface area contributed by atoms with E-state index in [1.54, 1.807) is 18.3 Å². The highest BCUT2D eigenvalue weighted by Gasteiger charge is 2.10. The Morgan fingerprint density at radius 3 is 3.00 bits per heavy atom. The van der Waals surface area contributed by atoms with Crippen LogP contribution in [0.1, 0.15) is 19.4 Å². The zero-order valence-corrected chi connectivity index (χ0v) is 9.66. The van der Waals surface area contributed by atoms with Crippen LogP contribution in [0.2, 0.25) is 0 Å². The Kier molecular flexibility index (Phi) is 4.92. The predicted octanol–water partition coefficient (Wildman–Crippen LogP) is 2.28. The third-order valence-electron chi connectivity index (χ3n) is 1.98. The standard InChI is InChI=1S/C12H17FN2O/c1-4-7-16-12-11(13)10(5-6-14-12)8-15-9(2)3/h4-6,9,15H,1,7-8H2,2-3H3. The summed E-state index contributed by atoms with van der Waals surface area (Å²) in [6, 6.07) is 1.95. The number of halogens is 1. The molecule has 1 aromatic heterocycles. The molecule has 1 N–H and O–H groups in total. The number of rotatable bonds is 6. The molecule has 1 aromatic rings. The van der Waals surface area contributed by atoms with Crippen molar-refractivity contribution in [3.63, 3.8) is 0 Å². The van der Waals surface area contributed by atoms with E-state index in [9.17, 15) is 4.39 Å². The summed E-state index contributed by atoms with van der Waals surface area (Å²) in [6.45, 7) is 8.24. The van der Waals surface area contributed by atoms with E-state index in [1.165, 1.54) is 0 Å². The first-order valence-corrected chi connectivity index (χ1v) is 5.25. The second-order valence-electron chi connectivity index (χ2n) is 3.72. The van der Waals surface area contributed by atoms with Gasteiger partial charge in [-0.3, -0.25) is 0 Å². The average Bonchev–Trinajstić information content (AvgIpc) is 2.26. The minimum Gasteiger partial charge on any atom is -0.471 e. The Morgan fingerprint density at radius 1 is 1.62 bits per heavy atom. The highest BCUT2D eigenvalue weighted by molar-refractivity contribution is 5.23. The minimum atomic E-state index is -0.405. The topological polar surface area (TPSA) is 34.1 Å². The number of hydrogen-bond donors (Lipinski definition) is 1. The molecule has 0 amide bonds. The Balaban J connectivity index is 2.73. The summed E-state index contributed by atoms with van der Waals surface area (Å²) in [5, 5.41) is 3.14. The smallest absolute Gasteiger partial charge is 0.251 e. The van der Waals surface area contributed by atoms with E-state index >= 15 is 0 Å². The van der Waals surface area contributed by atoms with Crippen molar-refractivity contribution in [1.29, 1.82) is 0 Å². The van der Waals surface area contributed by atoms with Crippen molar-refractivity contribution in [3.8, 4) is 5.88 Å². The Hall–Kier alpha value is -1.42. The molecule has 1 heterocycles. The van der Waals surface area contributed by atoms with Gasteiger partial charge in [-0.1, -0.05) is 26.5 Å². The number of nitrogens with one attached hydrogen (secondary N) is 1. The van der Waals surface area contributed by atoms with E-state index in [1.807, 2.05) is 13.8 Å². The molecule has 4 heteroatoms. The van der Waals surface area contributed by atoms with Gasteiger partial charge in [0, 0.05) is 24.3 Å². The molecule has 0 saturated heterocycles. The fourth-order valence-electron chi connectivity index (χ4n) is 1.15. The number of nitrogens with zero attached hydrogens (tertiary/aromatic N) is 1. The summed E-state index contributed by atoms with van der Waals surface area (Å²) in [5.74, 6) is -0.375. The van der Waals surface area contributed by atoms with Crippen LogP contribution in [0.5, 0.6) is 5.88 Å². The van der Waals surface area contributed by atoms with Crippen molar-refractivity contribution >= 4 is 0 Å². The van der Waals surface area contributed by atoms with Crippen LogP contribution in [0.25, 0.3) is 0 Å². The minimum absolute atomic E-state index is 0.0305. The number of hydrogen-bond acceptors (Lipinski definition) is 3. The lowest BCUT2D eigenvalue weighted by Crippen LogP contribution is -2.22. The van der Waals surface area contributed by atoms with Crippen LogP contribution in [-0.2, 0) is 6.54 Å². The van der Waals surface area contributed by atoms with Crippen molar-refractivity contribution in [3.05, 3.63) is 36.3 Å². The second-order valence-corrected chi connectivity index (χ2v) is 3.72. The van der Waals surface area contributed by atoms with E-state index in [4.69, 9.17) is 4.74 Å². The van der Waals surface area contributed by atoms with E-state index in [0.29, 0.717) is 18.2 Å². The fraction of sp³-hybridized carbons (Fsp3) is 0.417. The van der Waals surface area contributed by atoms with Gasteiger partial charge in [-0.25, -0.2) is 9.37 Å².